The average molecular weight is 1400 g/mol. The molecule has 0 fully saturated rings. The number of nitrogens with two attached hydrogens (primary N) is 4. The van der Waals surface area contributed by atoms with E-state index in [9.17, 15) is 62.3 Å². The summed E-state index contributed by atoms with van der Waals surface area (Å²) in [7, 11) is 4.49. The standard InChI is InChI=1S/C66H110N16O17/c1-37(2)25-50(63(92)96-9)73-54(83)32-48(61(90)78-52(27-39(5)6)65(94)98-11)76-56(85)42-29-41(30-43(31-42)57(86)77-49(62(91)79-53(28-40(7)8)66(95)99-12)33-55(84)74-51(26-38(3)4)64(93)97-10)35-82-36-44(80-81-82)34-72-60(89)47(75-59(88)46(70)20-14-17-23-68)21-15-18-24-71-58(87)45(69)19-13-16-22-67/h29-31,36-40,45-53H,13-28,32-35,67-70H2,1-12H3,(H,71,87)(H,72,89)(H,73,83)(H,74,84)(H,75,88)(H,76,85)(H,77,86)(H,78,90)(H,79,91)/t45-,46-,47-,48-,49-,50-,51-,52-,53-/m0/s1. The monoisotopic (exact) mass is 1400 g/mol. The minimum Gasteiger partial charge on any atom is -0.467 e. The lowest BCUT2D eigenvalue weighted by atomic mass is 10.0. The number of carbonyl (C=O) groups excluding carboxylic acids is 13. The molecule has 0 radical (unpaired) electrons. The summed E-state index contributed by atoms with van der Waals surface area (Å²) in [5.74, 6) is -11.2. The number of unbranched alkanes of at least 4 members (excludes halogenated alkanes) is 3. The molecule has 1 heterocycles. The van der Waals surface area contributed by atoms with Crippen LogP contribution in [-0.2, 0) is 84.8 Å². The van der Waals surface area contributed by atoms with E-state index in [0.717, 1.165) is 40.9 Å². The molecule has 99 heavy (non-hydrogen) atoms. The number of ether oxygens (including phenoxy) is 4. The molecule has 556 valence electrons. The van der Waals surface area contributed by atoms with Gasteiger partial charge in [0.1, 0.15) is 48.0 Å². The van der Waals surface area contributed by atoms with Crippen molar-refractivity contribution in [2.24, 2.45) is 46.6 Å². The molecule has 0 aliphatic heterocycles. The van der Waals surface area contributed by atoms with E-state index in [1.54, 1.807) is 55.4 Å². The number of amides is 9. The second kappa shape index (κ2) is 45.8. The molecule has 9 atom stereocenters. The van der Waals surface area contributed by atoms with E-state index in [-0.39, 0.29) is 104 Å². The Kier molecular flexibility index (Phi) is 40.0. The van der Waals surface area contributed by atoms with Crippen LogP contribution in [0.15, 0.2) is 24.4 Å². The fourth-order valence-electron chi connectivity index (χ4n) is 10.3. The normalized spacial score (nSPS) is 14.0. The van der Waals surface area contributed by atoms with Gasteiger partial charge < -0.3 is 89.7 Å². The quantitative estimate of drug-likeness (QED) is 0.0224. The van der Waals surface area contributed by atoms with Gasteiger partial charge in [-0.05, 0) is 131 Å². The predicted octanol–water partition coefficient (Wildman–Crippen LogP) is -0.581. The summed E-state index contributed by atoms with van der Waals surface area (Å²) in [5.41, 5.74) is 23.1. The van der Waals surface area contributed by atoms with Crippen molar-refractivity contribution < 1.29 is 81.3 Å². The first-order valence-corrected chi connectivity index (χ1v) is 33.7. The van der Waals surface area contributed by atoms with Gasteiger partial charge in [0.05, 0.1) is 72.7 Å². The van der Waals surface area contributed by atoms with E-state index in [1.807, 2.05) is 0 Å². The lowest BCUT2D eigenvalue weighted by molar-refractivity contribution is -0.146. The maximum absolute atomic E-state index is 14.8. The fourth-order valence-corrected chi connectivity index (χ4v) is 10.3. The van der Waals surface area contributed by atoms with Gasteiger partial charge >= 0.3 is 23.9 Å². The zero-order valence-corrected chi connectivity index (χ0v) is 59.5. The molecule has 0 bridgehead atoms. The van der Waals surface area contributed by atoms with Crippen LogP contribution in [0, 0.1) is 23.7 Å². The van der Waals surface area contributed by atoms with Crippen LogP contribution in [-0.4, -0.2) is 194 Å². The Morgan fingerprint density at radius 3 is 1.21 bits per heavy atom. The number of aromatic nitrogens is 3. The van der Waals surface area contributed by atoms with Crippen LogP contribution in [0.4, 0.5) is 0 Å². The molecule has 17 N–H and O–H groups in total. The molecular formula is C66H110N16O17. The summed E-state index contributed by atoms with van der Waals surface area (Å²) in [4.78, 5) is 178. The number of esters is 4. The first kappa shape index (κ1) is 86.4. The predicted molar refractivity (Wildman–Crippen MR) is 363 cm³/mol. The first-order chi connectivity index (χ1) is 46.8. The molecule has 0 aliphatic carbocycles. The van der Waals surface area contributed by atoms with Crippen molar-refractivity contribution in [3.05, 3.63) is 46.8 Å². The summed E-state index contributed by atoms with van der Waals surface area (Å²) in [5, 5.41) is 32.0. The first-order valence-electron chi connectivity index (χ1n) is 33.7. The number of hydrogen-bond donors (Lipinski definition) is 13. The van der Waals surface area contributed by atoms with Gasteiger partial charge in [-0.1, -0.05) is 73.4 Å². The van der Waals surface area contributed by atoms with E-state index in [2.05, 4.69) is 58.2 Å². The number of nitrogens with zero attached hydrogens (tertiary/aromatic N) is 3. The largest absolute Gasteiger partial charge is 0.467 e. The van der Waals surface area contributed by atoms with Gasteiger partial charge in [-0.3, -0.25) is 43.2 Å². The molecule has 1 aromatic carbocycles. The molecule has 2 aromatic rings. The molecule has 33 heteroatoms. The van der Waals surface area contributed by atoms with Gasteiger partial charge in [0, 0.05) is 17.7 Å². The lowest BCUT2D eigenvalue weighted by Gasteiger charge is -2.25. The van der Waals surface area contributed by atoms with Crippen LogP contribution in [0.2, 0.25) is 0 Å². The molecule has 0 aliphatic rings. The second-order valence-electron chi connectivity index (χ2n) is 26.1. The molecule has 0 spiro atoms. The van der Waals surface area contributed by atoms with Gasteiger partial charge in [0.25, 0.3) is 11.8 Å². The number of hydrogen-bond acceptors (Lipinski definition) is 23. The third-order valence-corrected chi connectivity index (χ3v) is 15.5. The Labute approximate surface area is 579 Å². The van der Waals surface area contributed by atoms with Crippen molar-refractivity contribution in [3.63, 3.8) is 0 Å². The van der Waals surface area contributed by atoms with E-state index < -0.39 is 138 Å². The number of benzene rings is 1. The zero-order chi connectivity index (χ0) is 74.5. The van der Waals surface area contributed by atoms with Gasteiger partial charge in [-0.25, -0.2) is 23.9 Å². The molecular weight excluding hydrogens is 1290 g/mol. The van der Waals surface area contributed by atoms with Gasteiger partial charge in [-0.2, -0.15) is 0 Å². The zero-order valence-electron chi connectivity index (χ0n) is 59.5. The Hall–Kier alpha value is -8.69. The number of nitrogens with one attached hydrogen (secondary N) is 9. The summed E-state index contributed by atoms with van der Waals surface area (Å²) >= 11 is 0. The highest BCUT2D eigenvalue weighted by atomic mass is 16.5. The number of carbonyl (C=O) groups is 13. The lowest BCUT2D eigenvalue weighted by Crippen LogP contribution is -2.54. The van der Waals surface area contributed by atoms with Crippen molar-refractivity contribution in [2.75, 3.05) is 48.1 Å². The van der Waals surface area contributed by atoms with Crippen molar-refractivity contribution >= 4 is 77.0 Å². The maximum Gasteiger partial charge on any atom is 0.328 e. The van der Waals surface area contributed by atoms with Crippen molar-refractivity contribution in [3.8, 4) is 0 Å². The summed E-state index contributed by atoms with van der Waals surface area (Å²) < 4.78 is 21.0. The topological polar surface area (TPSA) is 502 Å². The van der Waals surface area contributed by atoms with E-state index in [0.29, 0.717) is 58.0 Å². The highest BCUT2D eigenvalue weighted by Crippen LogP contribution is 2.18. The van der Waals surface area contributed by atoms with Gasteiger partial charge in [0.15, 0.2) is 0 Å². The Morgan fingerprint density at radius 2 is 0.818 bits per heavy atom. The Balaban J connectivity index is 2.82. The second-order valence-corrected chi connectivity index (χ2v) is 26.1. The van der Waals surface area contributed by atoms with Crippen molar-refractivity contribution in [1.82, 2.24) is 62.8 Å². The molecule has 0 unspecified atom stereocenters. The van der Waals surface area contributed by atoms with Gasteiger partial charge in [-0.15, -0.1) is 5.10 Å². The van der Waals surface area contributed by atoms with Crippen molar-refractivity contribution in [2.45, 2.75) is 219 Å². The minimum absolute atomic E-state index is 0.0768. The Bertz CT molecular complexity index is 2850. The van der Waals surface area contributed by atoms with Crippen LogP contribution in [0.1, 0.15) is 184 Å². The number of rotatable bonds is 47. The van der Waals surface area contributed by atoms with E-state index in [4.69, 9.17) is 41.9 Å². The maximum atomic E-state index is 14.8. The van der Waals surface area contributed by atoms with Crippen LogP contribution < -0.4 is 70.8 Å². The van der Waals surface area contributed by atoms with Crippen LogP contribution >= 0.6 is 0 Å². The highest BCUT2D eigenvalue weighted by Gasteiger charge is 2.35. The molecule has 1 aromatic heterocycles. The van der Waals surface area contributed by atoms with Crippen molar-refractivity contribution in [1.29, 1.82) is 0 Å². The molecule has 9 amide bonds. The minimum atomic E-state index is -1.78. The molecule has 2 rings (SSSR count). The van der Waals surface area contributed by atoms with Crippen LogP contribution in [0.3, 0.4) is 0 Å². The van der Waals surface area contributed by atoms with Crippen LogP contribution in [0.5, 0.6) is 0 Å². The fraction of sp³-hybridized carbons (Fsp3) is 0.682. The summed E-state index contributed by atoms with van der Waals surface area (Å²) in [6.07, 6.45) is 4.64. The third-order valence-electron chi connectivity index (χ3n) is 15.5. The molecule has 0 saturated heterocycles. The molecule has 33 nitrogen and oxygen atoms in total. The third kappa shape index (κ3) is 33.1. The highest BCUT2D eigenvalue weighted by molar-refractivity contribution is 6.04. The van der Waals surface area contributed by atoms with E-state index >= 15 is 0 Å². The summed E-state index contributed by atoms with van der Waals surface area (Å²) in [6, 6.07) is -7.44. The van der Waals surface area contributed by atoms with Gasteiger partial charge in [0.2, 0.25) is 41.4 Å². The average Bonchev–Trinajstić information content (AvgIpc) is 1.59. The molecule has 0 saturated carbocycles. The SMILES string of the molecule is COC(=O)[C@H](CC(C)C)NC(=O)C[C@H](NC(=O)c1cc(Cn2cc(CNC(=O)[C@H](CCCCNC(=O)[C@@H](N)CCCCN)NC(=O)[C@@H](N)CCCCN)nn2)cc(C(=O)N[C@@H](CC(=O)N[C@@H](CC(C)C)C(=O)OC)C(=O)N[C@@H](CC(C)C)C(=O)OC)c1)C(=O)N[C@@H](CC(C)C)C(=O)OC. The summed E-state index contributed by atoms with van der Waals surface area (Å²) in [6.45, 7) is 15.0. The Morgan fingerprint density at radius 1 is 0.434 bits per heavy atom. The smallest absolute Gasteiger partial charge is 0.328 e. The van der Waals surface area contributed by atoms with Crippen LogP contribution in [0.25, 0.3) is 0 Å². The number of methoxy groups -OCH3 is 4. The van der Waals surface area contributed by atoms with E-state index in [1.165, 1.54) is 23.0 Å².